The van der Waals surface area contributed by atoms with Crippen molar-refractivity contribution in [2.75, 3.05) is 13.2 Å². The van der Waals surface area contributed by atoms with Gasteiger partial charge in [-0.2, -0.15) is 0 Å². The van der Waals surface area contributed by atoms with Gasteiger partial charge in [0.25, 0.3) is 0 Å². The maximum Gasteiger partial charge on any atom is 0.170 e. The zero-order valence-electron chi connectivity index (χ0n) is 16.2. The Hall–Kier alpha value is -1.92. The standard InChI is InChI=1S/C22H28N4OS/c28-22-24-20(19-9-3-4-11-23-19)21(26(22)15-18-8-5-13-27-18)16-10-12-25(14-16)17-6-1-2-7-17/h3-4,9-12,14,17-18,20-21H,1-2,5-8,13,15H2,(H,24,28)/t18-,20+,21-/m0/s1. The van der Waals surface area contributed by atoms with Gasteiger partial charge in [-0.05, 0) is 61.7 Å². The van der Waals surface area contributed by atoms with Crippen LogP contribution in [0.3, 0.4) is 0 Å². The van der Waals surface area contributed by atoms with Crippen LogP contribution in [0.5, 0.6) is 0 Å². The van der Waals surface area contributed by atoms with E-state index in [9.17, 15) is 0 Å². The molecule has 4 heterocycles. The molecule has 148 valence electrons. The Morgan fingerprint density at radius 1 is 1.14 bits per heavy atom. The molecule has 0 radical (unpaired) electrons. The third-order valence-electron chi connectivity index (χ3n) is 6.45. The van der Waals surface area contributed by atoms with E-state index in [0.29, 0.717) is 6.04 Å². The number of rotatable bonds is 5. The minimum Gasteiger partial charge on any atom is -0.376 e. The summed E-state index contributed by atoms with van der Waals surface area (Å²) < 4.78 is 8.35. The molecule has 1 aliphatic carbocycles. The number of thiocarbonyl (C=S) groups is 1. The molecule has 3 aliphatic rings. The summed E-state index contributed by atoms with van der Waals surface area (Å²) in [6.45, 7) is 1.71. The fourth-order valence-electron chi connectivity index (χ4n) is 5.01. The molecule has 2 saturated heterocycles. The Bertz CT molecular complexity index is 811. The van der Waals surface area contributed by atoms with E-state index in [2.05, 4.69) is 50.4 Å². The van der Waals surface area contributed by atoms with Crippen molar-refractivity contribution in [2.45, 2.75) is 62.8 Å². The molecule has 3 fully saturated rings. The first-order chi connectivity index (χ1) is 13.8. The first-order valence-electron chi connectivity index (χ1n) is 10.6. The van der Waals surface area contributed by atoms with Gasteiger partial charge in [0, 0.05) is 37.8 Å². The molecule has 5 nitrogen and oxygen atoms in total. The molecule has 0 spiro atoms. The number of nitrogens with zero attached hydrogens (tertiary/aromatic N) is 3. The maximum atomic E-state index is 5.92. The van der Waals surface area contributed by atoms with Crippen LogP contribution in [0, 0.1) is 0 Å². The summed E-state index contributed by atoms with van der Waals surface area (Å²) in [5.74, 6) is 0. The summed E-state index contributed by atoms with van der Waals surface area (Å²) in [5.41, 5.74) is 2.35. The Labute approximate surface area is 172 Å². The van der Waals surface area contributed by atoms with Crippen LogP contribution < -0.4 is 5.32 Å². The fraction of sp³-hybridized carbons (Fsp3) is 0.545. The molecule has 0 unspecified atom stereocenters. The molecule has 5 rings (SSSR count). The average Bonchev–Trinajstić information content (AvgIpc) is 3.51. The summed E-state index contributed by atoms with van der Waals surface area (Å²) in [4.78, 5) is 6.97. The van der Waals surface area contributed by atoms with Crippen molar-refractivity contribution in [1.82, 2.24) is 19.8 Å². The van der Waals surface area contributed by atoms with Crippen molar-refractivity contribution >= 4 is 17.3 Å². The van der Waals surface area contributed by atoms with E-state index in [1.165, 1.54) is 31.2 Å². The van der Waals surface area contributed by atoms with Gasteiger partial charge in [-0.3, -0.25) is 4.98 Å². The highest BCUT2D eigenvalue weighted by atomic mass is 32.1. The second-order valence-electron chi connectivity index (χ2n) is 8.24. The molecule has 0 bridgehead atoms. The maximum absolute atomic E-state index is 5.92. The lowest BCUT2D eigenvalue weighted by Crippen LogP contribution is -2.36. The van der Waals surface area contributed by atoms with E-state index < -0.39 is 0 Å². The summed E-state index contributed by atoms with van der Waals surface area (Å²) in [6.07, 6.45) is 14.3. The van der Waals surface area contributed by atoms with Crippen molar-refractivity contribution < 1.29 is 4.74 Å². The van der Waals surface area contributed by atoms with Crippen LogP contribution in [0.2, 0.25) is 0 Å². The molecule has 0 amide bonds. The van der Waals surface area contributed by atoms with Crippen molar-refractivity contribution in [1.29, 1.82) is 0 Å². The SMILES string of the molecule is S=C1N[C@H](c2ccccn2)[C@H](c2ccn(C3CCCC3)c2)N1C[C@@H]1CCCO1. The summed E-state index contributed by atoms with van der Waals surface area (Å²) in [6, 6.07) is 9.25. The fourth-order valence-corrected chi connectivity index (χ4v) is 5.32. The van der Waals surface area contributed by atoms with E-state index in [-0.39, 0.29) is 18.2 Å². The smallest absolute Gasteiger partial charge is 0.170 e. The third kappa shape index (κ3) is 3.44. The molecule has 0 aromatic carbocycles. The molecule has 2 aromatic rings. The Balaban J connectivity index is 1.47. The lowest BCUT2D eigenvalue weighted by molar-refractivity contribution is 0.0842. The van der Waals surface area contributed by atoms with Gasteiger partial charge in [0.05, 0.1) is 23.9 Å². The van der Waals surface area contributed by atoms with Crippen LogP contribution in [0.15, 0.2) is 42.9 Å². The van der Waals surface area contributed by atoms with Gasteiger partial charge in [-0.1, -0.05) is 18.9 Å². The topological polar surface area (TPSA) is 42.3 Å². The first-order valence-corrected chi connectivity index (χ1v) is 11.0. The molecule has 1 saturated carbocycles. The van der Waals surface area contributed by atoms with Gasteiger partial charge in [-0.15, -0.1) is 0 Å². The van der Waals surface area contributed by atoms with Gasteiger partial charge < -0.3 is 19.5 Å². The zero-order valence-corrected chi connectivity index (χ0v) is 17.0. The predicted octanol–water partition coefficient (Wildman–Crippen LogP) is 4.15. The van der Waals surface area contributed by atoms with Crippen molar-refractivity contribution in [3.63, 3.8) is 0 Å². The minimum atomic E-state index is 0.0644. The van der Waals surface area contributed by atoms with Gasteiger partial charge in [0.1, 0.15) is 0 Å². The molecule has 2 aromatic heterocycles. The molecule has 1 N–H and O–H groups in total. The summed E-state index contributed by atoms with van der Waals surface area (Å²) >= 11 is 5.77. The van der Waals surface area contributed by atoms with E-state index >= 15 is 0 Å². The molecule has 2 aliphatic heterocycles. The Morgan fingerprint density at radius 3 is 2.79 bits per heavy atom. The first kappa shape index (κ1) is 18.1. The van der Waals surface area contributed by atoms with E-state index in [4.69, 9.17) is 17.0 Å². The molecule has 3 atom stereocenters. The molecule has 28 heavy (non-hydrogen) atoms. The largest absolute Gasteiger partial charge is 0.376 e. The quantitative estimate of drug-likeness (QED) is 0.769. The Kier molecular flexibility index (Phi) is 5.07. The monoisotopic (exact) mass is 396 g/mol. The molecular formula is C22H28N4OS. The summed E-state index contributed by atoms with van der Waals surface area (Å²) in [7, 11) is 0. The van der Waals surface area contributed by atoms with E-state index in [1.54, 1.807) is 0 Å². The summed E-state index contributed by atoms with van der Waals surface area (Å²) in [5, 5.41) is 4.36. The highest BCUT2D eigenvalue weighted by Gasteiger charge is 2.41. The van der Waals surface area contributed by atoms with Gasteiger partial charge >= 0.3 is 0 Å². The lowest BCUT2D eigenvalue weighted by Gasteiger charge is -2.29. The highest BCUT2D eigenvalue weighted by molar-refractivity contribution is 7.80. The van der Waals surface area contributed by atoms with Crippen LogP contribution in [-0.4, -0.2) is 38.8 Å². The van der Waals surface area contributed by atoms with Crippen molar-refractivity contribution in [3.8, 4) is 0 Å². The number of hydrogen-bond acceptors (Lipinski definition) is 3. The van der Waals surface area contributed by atoms with Crippen LogP contribution in [0.4, 0.5) is 0 Å². The van der Waals surface area contributed by atoms with Crippen molar-refractivity contribution in [2.24, 2.45) is 0 Å². The van der Waals surface area contributed by atoms with Crippen LogP contribution >= 0.6 is 12.2 Å². The third-order valence-corrected chi connectivity index (χ3v) is 6.80. The van der Waals surface area contributed by atoms with Crippen LogP contribution in [0.25, 0.3) is 0 Å². The van der Waals surface area contributed by atoms with Gasteiger partial charge in [0.15, 0.2) is 5.11 Å². The number of hydrogen-bond donors (Lipinski definition) is 1. The van der Waals surface area contributed by atoms with Gasteiger partial charge in [0.2, 0.25) is 0 Å². The number of aromatic nitrogens is 2. The number of pyridine rings is 1. The number of ether oxygens (including phenoxy) is 1. The average molecular weight is 397 g/mol. The molecular weight excluding hydrogens is 368 g/mol. The number of nitrogens with one attached hydrogen (secondary N) is 1. The molecule has 6 heteroatoms. The second kappa shape index (κ2) is 7.84. The highest BCUT2D eigenvalue weighted by Crippen LogP contribution is 2.40. The van der Waals surface area contributed by atoms with Crippen LogP contribution in [0.1, 0.15) is 67.9 Å². The predicted molar refractivity (Wildman–Crippen MR) is 113 cm³/mol. The van der Waals surface area contributed by atoms with E-state index in [1.807, 2.05) is 12.3 Å². The Morgan fingerprint density at radius 2 is 2.04 bits per heavy atom. The van der Waals surface area contributed by atoms with Gasteiger partial charge in [-0.25, -0.2) is 0 Å². The van der Waals surface area contributed by atoms with Crippen LogP contribution in [-0.2, 0) is 4.74 Å². The zero-order chi connectivity index (χ0) is 18.9. The lowest BCUT2D eigenvalue weighted by atomic mass is 9.99. The minimum absolute atomic E-state index is 0.0644. The second-order valence-corrected chi connectivity index (χ2v) is 8.63. The van der Waals surface area contributed by atoms with E-state index in [0.717, 1.165) is 36.8 Å². The van der Waals surface area contributed by atoms with Crippen molar-refractivity contribution in [3.05, 3.63) is 54.1 Å². The normalized spacial score (nSPS) is 28.2.